The molecule has 4 aromatic carbocycles. The van der Waals surface area contributed by atoms with E-state index >= 15 is 0 Å². The minimum Gasteiger partial charge on any atom is -0.457 e. The Morgan fingerprint density at radius 3 is 1.07 bits per heavy atom. The fraction of sp³-hybridized carbons (Fsp3) is 0. The summed E-state index contributed by atoms with van der Waals surface area (Å²) in [5.41, 5.74) is 12.8. The molecule has 0 aromatic heterocycles. The van der Waals surface area contributed by atoms with E-state index in [1.165, 1.54) is 0 Å². The molecule has 4 aromatic rings. The van der Waals surface area contributed by atoms with Gasteiger partial charge in [-0.2, -0.15) is 0 Å². The van der Waals surface area contributed by atoms with E-state index in [9.17, 15) is 0 Å². The lowest BCUT2D eigenvalue weighted by molar-refractivity contribution is 0.457. The van der Waals surface area contributed by atoms with Gasteiger partial charge in [0, 0.05) is 17.4 Å². The second-order valence-corrected chi connectivity index (χ2v) is 6.39. The van der Waals surface area contributed by atoms with Crippen LogP contribution in [0, 0.1) is 0 Å². The molecule has 0 saturated heterocycles. The van der Waals surface area contributed by atoms with Crippen molar-refractivity contribution < 1.29 is 14.2 Å². The Morgan fingerprint density at radius 1 is 0.379 bits per heavy atom. The third-order valence-corrected chi connectivity index (χ3v) is 4.10. The molecule has 0 fully saturated rings. The molecular weight excluding hydrogens is 364 g/mol. The maximum Gasteiger partial charge on any atom is 0.131 e. The van der Waals surface area contributed by atoms with Crippen molar-refractivity contribution in [3.05, 3.63) is 97.1 Å². The number of nitrogen functional groups attached to an aromatic ring is 2. The van der Waals surface area contributed by atoms with E-state index < -0.39 is 0 Å². The van der Waals surface area contributed by atoms with Gasteiger partial charge in [-0.25, -0.2) is 0 Å². The van der Waals surface area contributed by atoms with Crippen molar-refractivity contribution in [3.63, 3.8) is 0 Å². The van der Waals surface area contributed by atoms with Crippen LogP contribution >= 0.6 is 0 Å². The highest BCUT2D eigenvalue weighted by Crippen LogP contribution is 2.30. The summed E-state index contributed by atoms with van der Waals surface area (Å²) in [7, 11) is 0. The molecule has 0 aliphatic carbocycles. The van der Waals surface area contributed by atoms with Crippen molar-refractivity contribution in [2.24, 2.45) is 0 Å². The van der Waals surface area contributed by atoms with Crippen LogP contribution in [-0.2, 0) is 0 Å². The molecule has 0 spiro atoms. The van der Waals surface area contributed by atoms with Gasteiger partial charge in [-0.1, -0.05) is 6.07 Å². The van der Waals surface area contributed by atoms with Gasteiger partial charge in [0.25, 0.3) is 0 Å². The van der Waals surface area contributed by atoms with E-state index in [2.05, 4.69) is 0 Å². The molecule has 0 heterocycles. The van der Waals surface area contributed by atoms with Gasteiger partial charge >= 0.3 is 0 Å². The maximum absolute atomic E-state index is 5.92. The van der Waals surface area contributed by atoms with Gasteiger partial charge in [0.1, 0.15) is 34.5 Å². The van der Waals surface area contributed by atoms with Crippen LogP contribution in [0.2, 0.25) is 0 Å². The van der Waals surface area contributed by atoms with Crippen molar-refractivity contribution in [2.75, 3.05) is 11.5 Å². The van der Waals surface area contributed by atoms with Crippen molar-refractivity contribution in [1.29, 1.82) is 0 Å². The van der Waals surface area contributed by atoms with E-state index in [1.54, 1.807) is 24.3 Å². The van der Waals surface area contributed by atoms with E-state index in [0.717, 1.165) is 5.75 Å². The molecule has 0 bridgehead atoms. The first kappa shape index (κ1) is 18.3. The molecule has 4 N–H and O–H groups in total. The average molecular weight is 384 g/mol. The van der Waals surface area contributed by atoms with Crippen LogP contribution in [0.4, 0.5) is 11.4 Å². The van der Waals surface area contributed by atoms with Gasteiger partial charge in [-0.05, 0) is 84.9 Å². The Morgan fingerprint density at radius 2 is 0.690 bits per heavy atom. The maximum atomic E-state index is 5.92. The Balaban J connectivity index is 1.41. The number of nitrogens with two attached hydrogens (primary N) is 2. The number of ether oxygens (including phenoxy) is 3. The summed E-state index contributed by atoms with van der Waals surface area (Å²) in [6.07, 6.45) is 0. The van der Waals surface area contributed by atoms with E-state index in [-0.39, 0.29) is 0 Å². The van der Waals surface area contributed by atoms with Crippen LogP contribution in [-0.4, -0.2) is 0 Å². The monoisotopic (exact) mass is 384 g/mol. The number of hydrogen-bond donors (Lipinski definition) is 2. The lowest BCUT2D eigenvalue weighted by Crippen LogP contribution is -1.89. The highest BCUT2D eigenvalue weighted by atomic mass is 16.5. The van der Waals surface area contributed by atoms with E-state index in [0.29, 0.717) is 40.1 Å². The highest BCUT2D eigenvalue weighted by Gasteiger charge is 2.03. The van der Waals surface area contributed by atoms with Crippen LogP contribution in [0.25, 0.3) is 0 Å². The third kappa shape index (κ3) is 4.99. The number of rotatable bonds is 6. The predicted molar refractivity (Wildman–Crippen MR) is 115 cm³/mol. The van der Waals surface area contributed by atoms with Gasteiger partial charge in [0.15, 0.2) is 0 Å². The Kier molecular flexibility index (Phi) is 5.21. The minimum atomic E-state index is 0.671. The van der Waals surface area contributed by atoms with Crippen LogP contribution in [0.5, 0.6) is 34.5 Å². The van der Waals surface area contributed by atoms with Gasteiger partial charge in [-0.15, -0.1) is 0 Å². The minimum absolute atomic E-state index is 0.671. The standard InChI is InChI=1S/C24H20N2O3/c25-17-4-8-19(9-5-17)27-21-12-14-22(15-13-21)29-24-3-1-2-23(16-24)28-20-10-6-18(26)7-11-20/h1-16H,25-26H2. The molecule has 0 saturated carbocycles. The molecule has 144 valence electrons. The second-order valence-electron chi connectivity index (χ2n) is 6.39. The van der Waals surface area contributed by atoms with E-state index in [1.807, 2.05) is 72.8 Å². The number of anilines is 2. The molecule has 0 aliphatic rings. The molecule has 0 atom stereocenters. The number of hydrogen-bond acceptors (Lipinski definition) is 5. The van der Waals surface area contributed by atoms with Crippen molar-refractivity contribution >= 4 is 11.4 Å². The van der Waals surface area contributed by atoms with Gasteiger partial charge in [0.2, 0.25) is 0 Å². The zero-order chi connectivity index (χ0) is 20.1. The predicted octanol–water partition coefficient (Wildman–Crippen LogP) is 6.23. The Labute approximate surface area is 169 Å². The van der Waals surface area contributed by atoms with Crippen molar-refractivity contribution in [2.45, 2.75) is 0 Å². The molecule has 0 unspecified atom stereocenters. The summed E-state index contributed by atoms with van der Waals surface area (Å²) in [5.74, 6) is 4.18. The summed E-state index contributed by atoms with van der Waals surface area (Å²) < 4.78 is 17.6. The normalized spacial score (nSPS) is 10.3. The summed E-state index contributed by atoms with van der Waals surface area (Å²) >= 11 is 0. The first-order chi connectivity index (χ1) is 14.1. The van der Waals surface area contributed by atoms with Gasteiger partial charge in [0.05, 0.1) is 0 Å². The fourth-order valence-corrected chi connectivity index (χ4v) is 2.66. The molecule has 0 radical (unpaired) electrons. The average Bonchev–Trinajstić information content (AvgIpc) is 2.73. The van der Waals surface area contributed by atoms with Crippen LogP contribution in [0.3, 0.4) is 0 Å². The van der Waals surface area contributed by atoms with Crippen LogP contribution in [0.15, 0.2) is 97.1 Å². The SMILES string of the molecule is Nc1ccc(Oc2ccc(Oc3cccc(Oc4ccc(N)cc4)c3)cc2)cc1. The summed E-state index contributed by atoms with van der Waals surface area (Å²) in [4.78, 5) is 0. The smallest absolute Gasteiger partial charge is 0.131 e. The van der Waals surface area contributed by atoms with Gasteiger partial charge < -0.3 is 25.7 Å². The zero-order valence-electron chi connectivity index (χ0n) is 15.6. The molecule has 0 amide bonds. The van der Waals surface area contributed by atoms with Crippen molar-refractivity contribution in [3.8, 4) is 34.5 Å². The molecular formula is C24H20N2O3. The van der Waals surface area contributed by atoms with Gasteiger partial charge in [-0.3, -0.25) is 0 Å². The van der Waals surface area contributed by atoms with Crippen LogP contribution in [0.1, 0.15) is 0 Å². The Bertz CT molecular complexity index is 1080. The van der Waals surface area contributed by atoms with E-state index in [4.69, 9.17) is 25.7 Å². The highest BCUT2D eigenvalue weighted by molar-refractivity contribution is 5.45. The fourth-order valence-electron chi connectivity index (χ4n) is 2.66. The topological polar surface area (TPSA) is 79.7 Å². The lowest BCUT2D eigenvalue weighted by atomic mass is 10.3. The van der Waals surface area contributed by atoms with Crippen LogP contribution < -0.4 is 25.7 Å². The summed E-state index contributed by atoms with van der Waals surface area (Å²) in [6, 6.07) is 29.3. The quantitative estimate of drug-likeness (QED) is 0.385. The second kappa shape index (κ2) is 8.27. The molecule has 0 aliphatic heterocycles. The largest absolute Gasteiger partial charge is 0.457 e. The number of benzene rings is 4. The summed E-state index contributed by atoms with van der Waals surface area (Å²) in [5, 5.41) is 0. The lowest BCUT2D eigenvalue weighted by Gasteiger charge is -2.10. The zero-order valence-corrected chi connectivity index (χ0v) is 15.6. The first-order valence-corrected chi connectivity index (χ1v) is 9.09. The first-order valence-electron chi connectivity index (χ1n) is 9.09. The van der Waals surface area contributed by atoms with Crippen molar-refractivity contribution in [1.82, 2.24) is 0 Å². The molecule has 29 heavy (non-hydrogen) atoms. The summed E-state index contributed by atoms with van der Waals surface area (Å²) in [6.45, 7) is 0. The third-order valence-electron chi connectivity index (χ3n) is 4.10. The Hall–Kier alpha value is -4.12. The molecule has 4 rings (SSSR count). The molecule has 5 nitrogen and oxygen atoms in total. The molecule has 5 heteroatoms.